The van der Waals surface area contributed by atoms with Crippen molar-refractivity contribution in [3.05, 3.63) is 28.3 Å². The summed E-state index contributed by atoms with van der Waals surface area (Å²) < 4.78 is 5.01. The monoisotopic (exact) mass is 279 g/mol. The van der Waals surface area contributed by atoms with E-state index in [9.17, 15) is 14.9 Å². The van der Waals surface area contributed by atoms with Crippen LogP contribution in [-0.2, 0) is 4.79 Å². The summed E-state index contributed by atoms with van der Waals surface area (Å²) in [4.78, 5) is 21.8. The van der Waals surface area contributed by atoms with Gasteiger partial charge in [-0.2, -0.15) is 0 Å². The first-order chi connectivity index (χ1) is 9.58. The van der Waals surface area contributed by atoms with Gasteiger partial charge in [0, 0.05) is 36.8 Å². The number of hydrogen-bond acceptors (Lipinski definition) is 5. The lowest BCUT2D eigenvalue weighted by atomic mass is 10.2. The molecule has 2 rings (SSSR count). The Kier molecular flexibility index (Phi) is 4.39. The van der Waals surface area contributed by atoms with Crippen LogP contribution >= 0.6 is 0 Å². The molecule has 1 aromatic carbocycles. The van der Waals surface area contributed by atoms with Crippen molar-refractivity contribution in [2.45, 2.75) is 25.3 Å². The van der Waals surface area contributed by atoms with Crippen LogP contribution < -0.4 is 15.4 Å². The number of ether oxygens (including phenoxy) is 1. The number of nitro groups is 1. The second-order valence-electron chi connectivity index (χ2n) is 4.70. The number of nitro benzene ring substituents is 1. The van der Waals surface area contributed by atoms with Crippen LogP contribution in [0.25, 0.3) is 0 Å². The van der Waals surface area contributed by atoms with E-state index in [0.717, 1.165) is 12.8 Å². The summed E-state index contributed by atoms with van der Waals surface area (Å²) in [5.41, 5.74) is 0.518. The van der Waals surface area contributed by atoms with E-state index in [1.165, 1.54) is 19.2 Å². The van der Waals surface area contributed by atoms with E-state index in [0.29, 0.717) is 30.4 Å². The first kappa shape index (κ1) is 14.1. The minimum Gasteiger partial charge on any atom is -0.496 e. The topological polar surface area (TPSA) is 93.5 Å². The predicted molar refractivity (Wildman–Crippen MR) is 73.9 cm³/mol. The van der Waals surface area contributed by atoms with Gasteiger partial charge in [0.25, 0.3) is 5.69 Å². The van der Waals surface area contributed by atoms with Gasteiger partial charge in [-0.25, -0.2) is 0 Å². The Balaban J connectivity index is 1.88. The molecule has 0 radical (unpaired) electrons. The number of methoxy groups -OCH3 is 1. The van der Waals surface area contributed by atoms with Gasteiger partial charge < -0.3 is 15.4 Å². The van der Waals surface area contributed by atoms with Crippen molar-refractivity contribution in [1.29, 1.82) is 0 Å². The molecular formula is C13H17N3O4. The van der Waals surface area contributed by atoms with Gasteiger partial charge in [0.15, 0.2) is 0 Å². The van der Waals surface area contributed by atoms with Crippen LogP contribution in [0.4, 0.5) is 11.4 Å². The lowest BCUT2D eigenvalue weighted by molar-refractivity contribution is -0.384. The van der Waals surface area contributed by atoms with Crippen LogP contribution in [0, 0.1) is 10.1 Å². The molecule has 108 valence electrons. The smallest absolute Gasteiger partial charge is 0.275 e. The van der Waals surface area contributed by atoms with Crippen molar-refractivity contribution in [3.63, 3.8) is 0 Å². The molecule has 0 atom stereocenters. The molecule has 0 heterocycles. The number of anilines is 1. The molecule has 20 heavy (non-hydrogen) atoms. The summed E-state index contributed by atoms with van der Waals surface area (Å²) in [5.74, 6) is 0.404. The van der Waals surface area contributed by atoms with Crippen LogP contribution in [0.5, 0.6) is 5.75 Å². The first-order valence-corrected chi connectivity index (χ1v) is 6.45. The van der Waals surface area contributed by atoms with E-state index >= 15 is 0 Å². The molecule has 1 fully saturated rings. The number of carbonyl (C=O) groups is 1. The lowest BCUT2D eigenvalue weighted by Crippen LogP contribution is -2.27. The third-order valence-corrected chi connectivity index (χ3v) is 2.96. The molecule has 7 nitrogen and oxygen atoms in total. The van der Waals surface area contributed by atoms with Gasteiger partial charge in [-0.1, -0.05) is 0 Å². The van der Waals surface area contributed by atoms with E-state index in [2.05, 4.69) is 10.6 Å². The van der Waals surface area contributed by atoms with Gasteiger partial charge in [0.1, 0.15) is 5.75 Å². The van der Waals surface area contributed by atoms with Gasteiger partial charge in [0.2, 0.25) is 5.91 Å². The molecular weight excluding hydrogens is 262 g/mol. The van der Waals surface area contributed by atoms with Gasteiger partial charge >= 0.3 is 0 Å². The molecule has 0 bridgehead atoms. The highest BCUT2D eigenvalue weighted by Gasteiger charge is 2.22. The summed E-state index contributed by atoms with van der Waals surface area (Å²) in [6, 6.07) is 4.78. The van der Waals surface area contributed by atoms with Crippen LogP contribution in [0.3, 0.4) is 0 Å². The Morgan fingerprint density at radius 1 is 1.45 bits per heavy atom. The molecule has 1 aliphatic rings. The molecule has 0 aromatic heterocycles. The van der Waals surface area contributed by atoms with Crippen LogP contribution in [0.15, 0.2) is 18.2 Å². The molecule has 0 aliphatic heterocycles. The quantitative estimate of drug-likeness (QED) is 0.585. The molecule has 1 aromatic rings. The minimum atomic E-state index is -0.479. The Bertz CT molecular complexity index is 514. The van der Waals surface area contributed by atoms with E-state index in [1.54, 1.807) is 6.07 Å². The Morgan fingerprint density at radius 3 is 2.80 bits per heavy atom. The highest BCUT2D eigenvalue weighted by Crippen LogP contribution is 2.25. The van der Waals surface area contributed by atoms with E-state index in [-0.39, 0.29) is 11.6 Å². The number of nitrogens with zero attached hydrogens (tertiary/aromatic N) is 1. The number of amides is 1. The van der Waals surface area contributed by atoms with Gasteiger partial charge in [-0.15, -0.1) is 0 Å². The summed E-state index contributed by atoms with van der Waals surface area (Å²) in [6.45, 7) is 0.420. The van der Waals surface area contributed by atoms with Crippen molar-refractivity contribution in [3.8, 4) is 5.75 Å². The van der Waals surface area contributed by atoms with Crippen molar-refractivity contribution >= 4 is 17.3 Å². The summed E-state index contributed by atoms with van der Waals surface area (Å²) >= 11 is 0. The zero-order valence-electron chi connectivity index (χ0n) is 11.2. The van der Waals surface area contributed by atoms with E-state index in [4.69, 9.17) is 4.74 Å². The number of carbonyl (C=O) groups excluding carboxylic acids is 1. The second-order valence-corrected chi connectivity index (χ2v) is 4.70. The molecule has 1 amide bonds. The molecule has 1 saturated carbocycles. The predicted octanol–water partition coefficient (Wildman–Crippen LogP) is 1.68. The Hall–Kier alpha value is -2.31. The molecule has 2 N–H and O–H groups in total. The zero-order valence-corrected chi connectivity index (χ0v) is 11.2. The number of non-ortho nitro benzene ring substituents is 1. The maximum Gasteiger partial charge on any atom is 0.275 e. The minimum absolute atomic E-state index is 0.00241. The third kappa shape index (κ3) is 4.11. The second kappa shape index (κ2) is 6.23. The summed E-state index contributed by atoms with van der Waals surface area (Å²) in [5, 5.41) is 16.7. The van der Waals surface area contributed by atoms with Crippen molar-refractivity contribution in [1.82, 2.24) is 5.32 Å². The number of benzene rings is 1. The fraction of sp³-hybridized carbons (Fsp3) is 0.462. The third-order valence-electron chi connectivity index (χ3n) is 2.96. The number of hydrogen-bond donors (Lipinski definition) is 2. The largest absolute Gasteiger partial charge is 0.496 e. The average Bonchev–Trinajstić information content (AvgIpc) is 3.22. The summed E-state index contributed by atoms with van der Waals surface area (Å²) in [7, 11) is 1.45. The van der Waals surface area contributed by atoms with Crippen molar-refractivity contribution < 1.29 is 14.5 Å². The highest BCUT2D eigenvalue weighted by molar-refractivity contribution is 5.77. The maximum atomic E-state index is 11.5. The Labute approximate surface area is 116 Å². The number of rotatable bonds is 7. The Morgan fingerprint density at radius 2 is 2.20 bits per heavy atom. The summed E-state index contributed by atoms with van der Waals surface area (Å²) in [6.07, 6.45) is 2.45. The highest BCUT2D eigenvalue weighted by atomic mass is 16.6. The van der Waals surface area contributed by atoms with Crippen LogP contribution in [0.2, 0.25) is 0 Å². The van der Waals surface area contributed by atoms with Crippen LogP contribution in [-0.4, -0.2) is 30.5 Å². The van der Waals surface area contributed by atoms with Crippen molar-refractivity contribution in [2.24, 2.45) is 0 Å². The number of nitrogens with one attached hydrogen (secondary N) is 2. The normalized spacial score (nSPS) is 13.7. The molecule has 0 saturated heterocycles. The van der Waals surface area contributed by atoms with Gasteiger partial charge in [-0.3, -0.25) is 14.9 Å². The van der Waals surface area contributed by atoms with Crippen LogP contribution in [0.1, 0.15) is 19.3 Å². The maximum absolute atomic E-state index is 11.5. The van der Waals surface area contributed by atoms with Gasteiger partial charge in [-0.05, 0) is 12.8 Å². The fourth-order valence-corrected chi connectivity index (χ4v) is 1.76. The fourth-order valence-electron chi connectivity index (χ4n) is 1.76. The molecule has 1 aliphatic carbocycles. The van der Waals surface area contributed by atoms with Crippen molar-refractivity contribution in [2.75, 3.05) is 19.0 Å². The lowest BCUT2D eigenvalue weighted by Gasteiger charge is -2.08. The molecule has 0 unspecified atom stereocenters. The average molecular weight is 279 g/mol. The zero-order chi connectivity index (χ0) is 14.5. The molecule has 0 spiro atoms. The molecule has 7 heteroatoms. The van der Waals surface area contributed by atoms with Gasteiger partial charge in [0.05, 0.1) is 18.1 Å². The first-order valence-electron chi connectivity index (χ1n) is 6.45. The van der Waals surface area contributed by atoms with E-state index < -0.39 is 4.92 Å². The standard InChI is InChI=1S/C13H17N3O4/c1-20-12-7-10(6-11(8-12)16(18)19)14-5-4-13(17)15-9-2-3-9/h6-9,14H,2-5H2,1H3,(H,15,17). The van der Waals surface area contributed by atoms with E-state index in [1.807, 2.05) is 0 Å². The SMILES string of the molecule is COc1cc(NCCC(=O)NC2CC2)cc([N+](=O)[O-])c1.